The number of nitrogens with zero attached hydrogens (tertiary/aromatic N) is 3. The van der Waals surface area contributed by atoms with Crippen molar-refractivity contribution in [3.63, 3.8) is 0 Å². The molecule has 0 unspecified atom stereocenters. The third-order valence-corrected chi connectivity index (χ3v) is 2.23. The summed E-state index contributed by atoms with van der Waals surface area (Å²) in [5.41, 5.74) is -0.594. The SMILES string of the molecule is COCCNc1nc(=O)n(O)c2ncccc12. The van der Waals surface area contributed by atoms with Gasteiger partial charge < -0.3 is 15.3 Å². The molecule has 0 bridgehead atoms. The average molecular weight is 236 g/mol. The zero-order chi connectivity index (χ0) is 12.3. The Labute approximate surface area is 96.7 Å². The van der Waals surface area contributed by atoms with Crippen LogP contribution in [0.15, 0.2) is 23.1 Å². The molecular weight excluding hydrogens is 224 g/mol. The Morgan fingerprint density at radius 1 is 1.59 bits per heavy atom. The van der Waals surface area contributed by atoms with Crippen molar-refractivity contribution in [3.05, 3.63) is 28.8 Å². The third kappa shape index (κ3) is 2.18. The van der Waals surface area contributed by atoms with Crippen LogP contribution in [0.1, 0.15) is 0 Å². The summed E-state index contributed by atoms with van der Waals surface area (Å²) in [5.74, 6) is 0.389. The van der Waals surface area contributed by atoms with Gasteiger partial charge in [0.1, 0.15) is 5.82 Å². The molecule has 2 aromatic heterocycles. The monoisotopic (exact) mass is 236 g/mol. The lowest BCUT2D eigenvalue weighted by Crippen LogP contribution is -2.24. The topological polar surface area (TPSA) is 89.3 Å². The zero-order valence-corrected chi connectivity index (χ0v) is 9.25. The first-order valence-corrected chi connectivity index (χ1v) is 5.04. The summed E-state index contributed by atoms with van der Waals surface area (Å²) in [4.78, 5) is 19.0. The highest BCUT2D eigenvalue weighted by molar-refractivity contribution is 5.86. The first kappa shape index (κ1) is 11.3. The van der Waals surface area contributed by atoms with E-state index in [0.717, 1.165) is 0 Å². The minimum absolute atomic E-state index is 0.174. The van der Waals surface area contributed by atoms with Crippen molar-refractivity contribution >= 4 is 16.9 Å². The van der Waals surface area contributed by atoms with Crippen LogP contribution in [0.5, 0.6) is 0 Å². The molecule has 0 atom stereocenters. The molecule has 17 heavy (non-hydrogen) atoms. The molecule has 0 aromatic carbocycles. The van der Waals surface area contributed by atoms with Gasteiger partial charge in [0.15, 0.2) is 5.65 Å². The fraction of sp³-hybridized carbons (Fsp3) is 0.300. The maximum atomic E-state index is 11.4. The molecule has 0 radical (unpaired) electrons. The molecule has 0 saturated carbocycles. The van der Waals surface area contributed by atoms with E-state index in [4.69, 9.17) is 4.74 Å². The van der Waals surface area contributed by atoms with E-state index >= 15 is 0 Å². The molecule has 2 heterocycles. The minimum Gasteiger partial charge on any atom is -0.422 e. The number of fused-ring (bicyclic) bond motifs is 1. The van der Waals surface area contributed by atoms with Gasteiger partial charge in [0, 0.05) is 19.9 Å². The predicted octanol–water partition coefficient (Wildman–Crippen LogP) is 0.0871. The van der Waals surface area contributed by atoms with Crippen LogP contribution in [0.2, 0.25) is 0 Å². The molecule has 0 spiro atoms. The lowest BCUT2D eigenvalue weighted by Gasteiger charge is -2.08. The van der Waals surface area contributed by atoms with Crippen LogP contribution in [0, 0.1) is 0 Å². The largest absolute Gasteiger partial charge is 0.422 e. The minimum atomic E-state index is -0.767. The molecule has 0 fully saturated rings. The highest BCUT2D eigenvalue weighted by Crippen LogP contribution is 2.15. The highest BCUT2D eigenvalue weighted by Gasteiger charge is 2.09. The Morgan fingerprint density at radius 2 is 2.41 bits per heavy atom. The van der Waals surface area contributed by atoms with Gasteiger partial charge in [-0.2, -0.15) is 4.98 Å². The molecule has 0 saturated heterocycles. The van der Waals surface area contributed by atoms with E-state index in [-0.39, 0.29) is 5.65 Å². The van der Waals surface area contributed by atoms with Crippen molar-refractivity contribution in [2.24, 2.45) is 0 Å². The van der Waals surface area contributed by atoms with E-state index in [2.05, 4.69) is 15.3 Å². The van der Waals surface area contributed by atoms with Crippen LogP contribution in [-0.4, -0.2) is 40.2 Å². The number of methoxy groups -OCH3 is 1. The van der Waals surface area contributed by atoms with Gasteiger partial charge in [-0.1, -0.05) is 0 Å². The van der Waals surface area contributed by atoms with E-state index in [0.29, 0.717) is 29.1 Å². The van der Waals surface area contributed by atoms with Gasteiger partial charge in [0.05, 0.1) is 12.0 Å². The van der Waals surface area contributed by atoms with Crippen molar-refractivity contribution in [3.8, 4) is 0 Å². The second kappa shape index (κ2) is 4.79. The summed E-state index contributed by atoms with van der Waals surface area (Å²) < 4.78 is 5.32. The number of anilines is 1. The highest BCUT2D eigenvalue weighted by atomic mass is 16.5. The lowest BCUT2D eigenvalue weighted by atomic mass is 10.3. The van der Waals surface area contributed by atoms with Crippen molar-refractivity contribution < 1.29 is 9.94 Å². The second-order valence-corrected chi connectivity index (χ2v) is 3.35. The van der Waals surface area contributed by atoms with E-state index in [1.54, 1.807) is 19.2 Å². The fourth-order valence-corrected chi connectivity index (χ4v) is 1.45. The Balaban J connectivity index is 2.48. The molecular formula is C10H12N4O3. The Kier molecular flexibility index (Phi) is 3.20. The molecule has 7 nitrogen and oxygen atoms in total. The summed E-state index contributed by atoms with van der Waals surface area (Å²) in [6.07, 6.45) is 1.49. The van der Waals surface area contributed by atoms with Crippen LogP contribution in [0.3, 0.4) is 0 Å². The third-order valence-electron chi connectivity index (χ3n) is 2.23. The van der Waals surface area contributed by atoms with Crippen molar-refractivity contribution in [1.82, 2.24) is 14.7 Å². The van der Waals surface area contributed by atoms with Crippen molar-refractivity contribution in [2.45, 2.75) is 0 Å². The van der Waals surface area contributed by atoms with Crippen LogP contribution >= 0.6 is 0 Å². The van der Waals surface area contributed by atoms with Crippen LogP contribution in [0.25, 0.3) is 11.0 Å². The Hall–Kier alpha value is -2.15. The fourth-order valence-electron chi connectivity index (χ4n) is 1.45. The van der Waals surface area contributed by atoms with Crippen LogP contribution in [0.4, 0.5) is 5.82 Å². The summed E-state index contributed by atoms with van der Waals surface area (Å²) in [6, 6.07) is 3.42. The number of aromatic nitrogens is 3. The lowest BCUT2D eigenvalue weighted by molar-refractivity contribution is 0.182. The predicted molar refractivity (Wildman–Crippen MR) is 61.3 cm³/mol. The normalized spacial score (nSPS) is 10.6. The van der Waals surface area contributed by atoms with Crippen molar-refractivity contribution in [2.75, 3.05) is 25.6 Å². The van der Waals surface area contributed by atoms with Gasteiger partial charge in [0.25, 0.3) is 0 Å². The van der Waals surface area contributed by atoms with E-state index in [1.165, 1.54) is 6.20 Å². The summed E-state index contributed by atoms with van der Waals surface area (Å²) >= 11 is 0. The maximum absolute atomic E-state index is 11.4. The summed E-state index contributed by atoms with van der Waals surface area (Å²) in [6.45, 7) is 1.01. The van der Waals surface area contributed by atoms with Gasteiger partial charge in [-0.15, -0.1) is 4.73 Å². The number of nitrogens with one attached hydrogen (secondary N) is 1. The molecule has 7 heteroatoms. The quantitative estimate of drug-likeness (QED) is 0.577. The van der Waals surface area contributed by atoms with Crippen LogP contribution in [-0.2, 0) is 4.74 Å². The standard InChI is InChI=1S/C10H12N4O3/c1-17-6-5-11-8-7-3-2-4-12-9(7)14(16)10(15)13-8/h2-4,16H,5-6H2,1H3,(H,11,13,15). The van der Waals surface area contributed by atoms with Crippen LogP contribution < -0.4 is 11.0 Å². The molecule has 2 aromatic rings. The molecule has 0 amide bonds. The molecule has 0 aliphatic rings. The molecule has 90 valence electrons. The Bertz CT molecular complexity index is 581. The molecule has 2 N–H and O–H groups in total. The van der Waals surface area contributed by atoms with E-state index in [1.807, 2.05) is 0 Å². The molecule has 0 aliphatic heterocycles. The number of pyridine rings is 1. The number of rotatable bonds is 4. The van der Waals surface area contributed by atoms with Gasteiger partial charge in [-0.25, -0.2) is 9.78 Å². The molecule has 2 rings (SSSR count). The summed E-state index contributed by atoms with van der Waals surface area (Å²) in [5, 5.41) is 13.0. The second-order valence-electron chi connectivity index (χ2n) is 3.35. The smallest absolute Gasteiger partial charge is 0.384 e. The van der Waals surface area contributed by atoms with E-state index < -0.39 is 5.69 Å². The maximum Gasteiger partial charge on any atom is 0.384 e. The molecule has 0 aliphatic carbocycles. The Morgan fingerprint density at radius 3 is 3.18 bits per heavy atom. The van der Waals surface area contributed by atoms with Gasteiger partial charge in [-0.3, -0.25) is 0 Å². The van der Waals surface area contributed by atoms with Crippen molar-refractivity contribution in [1.29, 1.82) is 0 Å². The first-order valence-electron chi connectivity index (χ1n) is 5.04. The number of hydrogen-bond acceptors (Lipinski definition) is 6. The first-order chi connectivity index (χ1) is 8.24. The van der Waals surface area contributed by atoms with Gasteiger partial charge in [-0.05, 0) is 12.1 Å². The zero-order valence-electron chi connectivity index (χ0n) is 9.25. The number of hydrogen-bond donors (Lipinski definition) is 2. The van der Waals surface area contributed by atoms with E-state index in [9.17, 15) is 10.0 Å². The summed E-state index contributed by atoms with van der Waals surface area (Å²) in [7, 11) is 1.58. The average Bonchev–Trinajstić information content (AvgIpc) is 2.36. The van der Waals surface area contributed by atoms with Gasteiger partial charge >= 0.3 is 5.69 Å². The number of ether oxygens (including phenoxy) is 1. The van der Waals surface area contributed by atoms with Gasteiger partial charge in [0.2, 0.25) is 0 Å².